The summed E-state index contributed by atoms with van der Waals surface area (Å²) < 4.78 is 1.19. The molecule has 0 fully saturated rings. The van der Waals surface area contributed by atoms with Gasteiger partial charge in [-0.15, -0.1) is 0 Å². The average molecular weight is 329 g/mol. The van der Waals surface area contributed by atoms with E-state index in [9.17, 15) is 14.9 Å². The van der Waals surface area contributed by atoms with Crippen molar-refractivity contribution in [2.24, 2.45) is 0 Å². The number of carbonyl (C=O) groups is 1. The minimum absolute atomic E-state index is 0.140. The topological polar surface area (TPSA) is 90.1 Å². The molecular formula is C12H10Cl2N4O3. The first kappa shape index (κ1) is 15.3. The lowest BCUT2D eigenvalue weighted by Crippen LogP contribution is -2.19. The summed E-state index contributed by atoms with van der Waals surface area (Å²) in [6.07, 6.45) is 1.20. The summed E-state index contributed by atoms with van der Waals surface area (Å²) in [4.78, 5) is 22.1. The molecule has 1 N–H and O–H groups in total. The molecule has 1 aromatic carbocycles. The zero-order chi connectivity index (χ0) is 15.6. The average Bonchev–Trinajstić information content (AvgIpc) is 2.75. The van der Waals surface area contributed by atoms with Crippen LogP contribution in [0.25, 0.3) is 0 Å². The maximum absolute atomic E-state index is 11.9. The standard InChI is InChI=1S/C12H10Cl2N4O3/c1-7-10(18(20)21)5-17(16-7)6-11(19)15-12-8(13)3-2-4-9(12)14/h2-5H,6H2,1H3,(H,15,19). The number of halogens is 2. The highest BCUT2D eigenvalue weighted by atomic mass is 35.5. The molecule has 0 saturated heterocycles. The third-order valence-corrected chi connectivity index (χ3v) is 3.28. The smallest absolute Gasteiger partial charge is 0.309 e. The fourth-order valence-corrected chi connectivity index (χ4v) is 2.20. The summed E-state index contributed by atoms with van der Waals surface area (Å²) >= 11 is 11.9. The number of hydrogen-bond acceptors (Lipinski definition) is 4. The fraction of sp³-hybridized carbons (Fsp3) is 0.167. The van der Waals surface area contributed by atoms with E-state index in [4.69, 9.17) is 23.2 Å². The Hall–Kier alpha value is -2.12. The predicted octanol–water partition coefficient (Wildman–Crippen LogP) is 3.05. The number of anilines is 1. The number of nitrogens with zero attached hydrogens (tertiary/aromatic N) is 3. The summed E-state index contributed by atoms with van der Waals surface area (Å²) in [5, 5.41) is 17.8. The highest BCUT2D eigenvalue weighted by Gasteiger charge is 2.17. The Morgan fingerprint density at radius 1 is 1.43 bits per heavy atom. The van der Waals surface area contributed by atoms with Crippen LogP contribution in [0.1, 0.15) is 5.69 Å². The molecular weight excluding hydrogens is 319 g/mol. The van der Waals surface area contributed by atoms with E-state index >= 15 is 0 Å². The maximum Gasteiger partial charge on any atom is 0.309 e. The van der Waals surface area contributed by atoms with Gasteiger partial charge in [0.25, 0.3) is 0 Å². The Balaban J connectivity index is 2.12. The van der Waals surface area contributed by atoms with Crippen molar-refractivity contribution in [1.82, 2.24) is 9.78 Å². The zero-order valence-corrected chi connectivity index (χ0v) is 12.4. The summed E-state index contributed by atoms with van der Waals surface area (Å²) in [5.74, 6) is -0.442. The van der Waals surface area contributed by atoms with Crippen molar-refractivity contribution in [3.8, 4) is 0 Å². The predicted molar refractivity (Wildman–Crippen MR) is 78.7 cm³/mol. The van der Waals surface area contributed by atoms with Crippen molar-refractivity contribution in [2.45, 2.75) is 13.5 Å². The van der Waals surface area contributed by atoms with Gasteiger partial charge in [-0.2, -0.15) is 5.10 Å². The number of amides is 1. The number of aryl methyl sites for hydroxylation is 1. The molecule has 1 amide bonds. The Kier molecular flexibility index (Phi) is 4.44. The van der Waals surface area contributed by atoms with E-state index in [-0.39, 0.29) is 17.9 Å². The van der Waals surface area contributed by atoms with Crippen LogP contribution in [0.3, 0.4) is 0 Å². The van der Waals surface area contributed by atoms with E-state index in [1.54, 1.807) is 18.2 Å². The summed E-state index contributed by atoms with van der Waals surface area (Å²) in [6, 6.07) is 4.83. The van der Waals surface area contributed by atoms with Crippen LogP contribution in [0.15, 0.2) is 24.4 Å². The number of nitro groups is 1. The molecule has 0 aliphatic carbocycles. The van der Waals surface area contributed by atoms with E-state index < -0.39 is 10.8 Å². The highest BCUT2D eigenvalue weighted by Crippen LogP contribution is 2.29. The molecule has 110 valence electrons. The maximum atomic E-state index is 11.9. The van der Waals surface area contributed by atoms with Crippen LogP contribution < -0.4 is 5.32 Å². The molecule has 2 aromatic rings. The van der Waals surface area contributed by atoms with E-state index in [0.717, 1.165) is 0 Å². The van der Waals surface area contributed by atoms with Crippen molar-refractivity contribution >= 4 is 40.5 Å². The SMILES string of the molecule is Cc1nn(CC(=O)Nc2c(Cl)cccc2Cl)cc1[N+](=O)[O-]. The second-order valence-electron chi connectivity index (χ2n) is 4.20. The van der Waals surface area contributed by atoms with Crippen molar-refractivity contribution in [3.05, 3.63) is 50.2 Å². The molecule has 0 spiro atoms. The number of aromatic nitrogens is 2. The Bertz CT molecular complexity index is 694. The molecule has 0 radical (unpaired) electrons. The first-order valence-electron chi connectivity index (χ1n) is 5.81. The van der Waals surface area contributed by atoms with Gasteiger partial charge in [0.15, 0.2) is 0 Å². The van der Waals surface area contributed by atoms with Gasteiger partial charge >= 0.3 is 5.69 Å². The van der Waals surface area contributed by atoms with Crippen molar-refractivity contribution < 1.29 is 9.72 Å². The lowest BCUT2D eigenvalue weighted by Gasteiger charge is -2.08. The van der Waals surface area contributed by atoms with Crippen molar-refractivity contribution in [3.63, 3.8) is 0 Å². The number of nitrogens with one attached hydrogen (secondary N) is 1. The van der Waals surface area contributed by atoms with E-state index in [1.807, 2.05) is 0 Å². The van der Waals surface area contributed by atoms with Gasteiger partial charge in [-0.3, -0.25) is 19.6 Å². The number of rotatable bonds is 4. The highest BCUT2D eigenvalue weighted by molar-refractivity contribution is 6.39. The van der Waals surface area contributed by atoms with Gasteiger partial charge in [-0.25, -0.2) is 0 Å². The molecule has 2 rings (SSSR count). The summed E-state index contributed by atoms with van der Waals surface area (Å²) in [6.45, 7) is 1.31. The lowest BCUT2D eigenvalue weighted by molar-refractivity contribution is -0.385. The normalized spacial score (nSPS) is 10.4. The summed E-state index contributed by atoms with van der Waals surface area (Å²) in [5.41, 5.74) is 0.395. The molecule has 0 atom stereocenters. The Labute approximate surface area is 129 Å². The Morgan fingerprint density at radius 3 is 2.57 bits per heavy atom. The van der Waals surface area contributed by atoms with Gasteiger partial charge in [-0.05, 0) is 19.1 Å². The number of benzene rings is 1. The van der Waals surface area contributed by atoms with Crippen molar-refractivity contribution in [1.29, 1.82) is 0 Å². The largest absolute Gasteiger partial charge is 0.322 e. The third kappa shape index (κ3) is 3.50. The first-order chi connectivity index (χ1) is 9.88. The fourth-order valence-electron chi connectivity index (χ4n) is 1.71. The van der Waals surface area contributed by atoms with Crippen LogP contribution in [0.4, 0.5) is 11.4 Å². The minimum atomic E-state index is -0.554. The van der Waals surface area contributed by atoms with E-state index in [2.05, 4.69) is 10.4 Å². The number of para-hydroxylation sites is 1. The van der Waals surface area contributed by atoms with Gasteiger partial charge in [0.05, 0.1) is 20.7 Å². The zero-order valence-electron chi connectivity index (χ0n) is 10.8. The molecule has 0 aliphatic rings. The summed E-state index contributed by atoms with van der Waals surface area (Å²) in [7, 11) is 0. The minimum Gasteiger partial charge on any atom is -0.322 e. The molecule has 0 unspecified atom stereocenters. The van der Waals surface area contributed by atoms with Gasteiger partial charge < -0.3 is 5.32 Å². The second-order valence-corrected chi connectivity index (χ2v) is 5.01. The van der Waals surface area contributed by atoms with Gasteiger partial charge in [0.2, 0.25) is 5.91 Å². The van der Waals surface area contributed by atoms with Crippen LogP contribution >= 0.6 is 23.2 Å². The first-order valence-corrected chi connectivity index (χ1v) is 6.56. The third-order valence-electron chi connectivity index (χ3n) is 2.65. The van der Waals surface area contributed by atoms with Crippen LogP contribution in [0.2, 0.25) is 10.0 Å². The Morgan fingerprint density at radius 2 is 2.05 bits per heavy atom. The number of hydrogen-bond donors (Lipinski definition) is 1. The van der Waals surface area contributed by atoms with Gasteiger partial charge in [-0.1, -0.05) is 29.3 Å². The number of carbonyl (C=O) groups excluding carboxylic acids is 1. The van der Waals surface area contributed by atoms with Crippen molar-refractivity contribution in [2.75, 3.05) is 5.32 Å². The van der Waals surface area contributed by atoms with Crippen LogP contribution in [0.5, 0.6) is 0 Å². The van der Waals surface area contributed by atoms with E-state index in [0.29, 0.717) is 15.7 Å². The molecule has 21 heavy (non-hydrogen) atoms. The lowest BCUT2D eigenvalue weighted by atomic mass is 10.3. The molecule has 0 saturated carbocycles. The van der Waals surface area contributed by atoms with Crippen LogP contribution in [-0.2, 0) is 11.3 Å². The van der Waals surface area contributed by atoms with E-state index in [1.165, 1.54) is 17.8 Å². The van der Waals surface area contributed by atoms with Gasteiger partial charge in [0, 0.05) is 0 Å². The molecule has 1 aromatic heterocycles. The van der Waals surface area contributed by atoms with Gasteiger partial charge in [0.1, 0.15) is 18.4 Å². The quantitative estimate of drug-likeness (QED) is 0.689. The molecule has 9 heteroatoms. The molecule has 0 bridgehead atoms. The van der Waals surface area contributed by atoms with Crippen LogP contribution in [-0.4, -0.2) is 20.6 Å². The van der Waals surface area contributed by atoms with Crippen LogP contribution in [0, 0.1) is 17.0 Å². The molecule has 7 nitrogen and oxygen atoms in total. The molecule has 1 heterocycles. The second kappa shape index (κ2) is 6.11. The monoisotopic (exact) mass is 328 g/mol. The molecule has 0 aliphatic heterocycles.